The summed E-state index contributed by atoms with van der Waals surface area (Å²) in [6, 6.07) is 2.03. The third kappa shape index (κ3) is 3.39. The molecule has 0 unspecified atom stereocenters. The lowest BCUT2D eigenvalue weighted by Crippen LogP contribution is -2.27. The van der Waals surface area contributed by atoms with Gasteiger partial charge in [0.05, 0.1) is 12.9 Å². The summed E-state index contributed by atoms with van der Waals surface area (Å²) in [4.78, 5) is 12.0. The predicted octanol–water partition coefficient (Wildman–Crippen LogP) is 1.16. The van der Waals surface area contributed by atoms with Gasteiger partial charge in [-0.05, 0) is 34.4 Å². The molecule has 7 heteroatoms. The van der Waals surface area contributed by atoms with Gasteiger partial charge in [-0.3, -0.25) is 4.57 Å². The van der Waals surface area contributed by atoms with Crippen LogP contribution in [0.2, 0.25) is 0 Å². The molecule has 2 heterocycles. The van der Waals surface area contributed by atoms with Crippen molar-refractivity contribution < 1.29 is 4.39 Å². The van der Waals surface area contributed by atoms with Crippen LogP contribution in [0.1, 0.15) is 5.56 Å². The van der Waals surface area contributed by atoms with E-state index in [1.54, 1.807) is 11.3 Å². The summed E-state index contributed by atoms with van der Waals surface area (Å²) in [6.07, 6.45) is 2.68. The largest absolute Gasteiger partial charge is 0.346 e. The second-order valence-electron chi connectivity index (χ2n) is 4.12. The Morgan fingerprint density at radius 1 is 1.58 bits per heavy atom. The molecule has 0 saturated heterocycles. The molecule has 0 spiro atoms. The standard InChI is InChI=1S/C12H15FN4OS/c13-5-11(6-14)7-17-12(18)16(9-15-17)3-1-10-2-4-19-8-10/h2,4-5,8-9H,1,3,6-7,14H2/b11-5+. The summed E-state index contributed by atoms with van der Waals surface area (Å²) in [5.74, 6) is 0. The monoisotopic (exact) mass is 282 g/mol. The molecule has 0 aliphatic carbocycles. The molecule has 0 saturated carbocycles. The maximum Gasteiger partial charge on any atom is 0.346 e. The number of hydrogen-bond donors (Lipinski definition) is 1. The molecule has 2 N–H and O–H groups in total. The number of hydrogen-bond acceptors (Lipinski definition) is 4. The van der Waals surface area contributed by atoms with Gasteiger partial charge in [0.1, 0.15) is 6.33 Å². The van der Waals surface area contributed by atoms with Crippen LogP contribution < -0.4 is 11.4 Å². The van der Waals surface area contributed by atoms with Crippen LogP contribution in [-0.4, -0.2) is 20.9 Å². The van der Waals surface area contributed by atoms with Gasteiger partial charge in [-0.2, -0.15) is 16.4 Å². The van der Waals surface area contributed by atoms with Crippen molar-refractivity contribution in [2.75, 3.05) is 6.54 Å². The number of nitrogens with two attached hydrogens (primary N) is 1. The summed E-state index contributed by atoms with van der Waals surface area (Å²) in [6.45, 7) is 0.731. The molecule has 0 atom stereocenters. The number of nitrogens with zero attached hydrogens (tertiary/aromatic N) is 3. The van der Waals surface area contributed by atoms with Gasteiger partial charge in [0.15, 0.2) is 0 Å². The summed E-state index contributed by atoms with van der Waals surface area (Å²) in [7, 11) is 0. The van der Waals surface area contributed by atoms with E-state index in [1.165, 1.54) is 21.1 Å². The van der Waals surface area contributed by atoms with Gasteiger partial charge >= 0.3 is 5.69 Å². The highest BCUT2D eigenvalue weighted by Gasteiger charge is 2.07. The quantitative estimate of drug-likeness (QED) is 0.864. The van der Waals surface area contributed by atoms with Crippen molar-refractivity contribution in [1.82, 2.24) is 14.3 Å². The Morgan fingerprint density at radius 3 is 3.05 bits per heavy atom. The highest BCUT2D eigenvalue weighted by Crippen LogP contribution is 2.07. The second-order valence-corrected chi connectivity index (χ2v) is 4.90. The number of aryl methyl sites for hydroxylation is 2. The molecule has 0 amide bonds. The average molecular weight is 282 g/mol. The van der Waals surface area contributed by atoms with Crippen LogP contribution in [0.25, 0.3) is 0 Å². The van der Waals surface area contributed by atoms with E-state index < -0.39 is 0 Å². The van der Waals surface area contributed by atoms with E-state index in [9.17, 15) is 9.18 Å². The van der Waals surface area contributed by atoms with Crippen LogP contribution in [0, 0.1) is 0 Å². The van der Waals surface area contributed by atoms with Gasteiger partial charge in [-0.15, -0.1) is 0 Å². The topological polar surface area (TPSA) is 65.8 Å². The first-order valence-corrected chi connectivity index (χ1v) is 6.80. The molecule has 102 valence electrons. The predicted molar refractivity (Wildman–Crippen MR) is 72.8 cm³/mol. The minimum absolute atomic E-state index is 0.0741. The fraction of sp³-hybridized carbons (Fsp3) is 0.333. The molecule has 0 aliphatic heterocycles. The highest BCUT2D eigenvalue weighted by atomic mass is 32.1. The Balaban J connectivity index is 2.04. The normalized spacial score (nSPS) is 12.0. The van der Waals surface area contributed by atoms with E-state index in [0.29, 0.717) is 18.4 Å². The van der Waals surface area contributed by atoms with E-state index in [4.69, 9.17) is 5.73 Å². The molecule has 0 bridgehead atoms. The zero-order chi connectivity index (χ0) is 13.7. The van der Waals surface area contributed by atoms with Crippen molar-refractivity contribution in [2.24, 2.45) is 5.73 Å². The maximum atomic E-state index is 12.4. The van der Waals surface area contributed by atoms with E-state index in [-0.39, 0.29) is 18.8 Å². The molecule has 19 heavy (non-hydrogen) atoms. The number of halogens is 1. The van der Waals surface area contributed by atoms with Crippen molar-refractivity contribution in [2.45, 2.75) is 19.5 Å². The summed E-state index contributed by atoms with van der Waals surface area (Å²) in [5, 5.41) is 8.01. The number of thiophene rings is 1. The second kappa shape index (κ2) is 6.44. The Kier molecular flexibility index (Phi) is 4.64. The Labute approximate surface area is 113 Å². The number of aromatic nitrogens is 3. The zero-order valence-electron chi connectivity index (χ0n) is 10.3. The molecule has 5 nitrogen and oxygen atoms in total. The van der Waals surface area contributed by atoms with Gasteiger partial charge in [0, 0.05) is 13.1 Å². The Bertz CT molecular complexity index is 600. The fourth-order valence-corrected chi connectivity index (χ4v) is 2.36. The smallest absolute Gasteiger partial charge is 0.327 e. The van der Waals surface area contributed by atoms with Crippen LogP contribution in [0.5, 0.6) is 0 Å². The minimum atomic E-state index is -0.247. The van der Waals surface area contributed by atoms with Gasteiger partial charge in [0.25, 0.3) is 0 Å². The van der Waals surface area contributed by atoms with Crippen LogP contribution in [-0.2, 0) is 19.5 Å². The SMILES string of the molecule is NC/C(=C\F)Cn1ncn(CCc2ccsc2)c1=O. The van der Waals surface area contributed by atoms with Gasteiger partial charge in [-0.1, -0.05) is 0 Å². The maximum absolute atomic E-state index is 12.4. The lowest BCUT2D eigenvalue weighted by Gasteiger charge is -2.01. The molecule has 0 aromatic carbocycles. The molecule has 0 radical (unpaired) electrons. The van der Waals surface area contributed by atoms with Crippen molar-refractivity contribution in [3.63, 3.8) is 0 Å². The fourth-order valence-electron chi connectivity index (χ4n) is 1.65. The molecule has 0 fully saturated rings. The van der Waals surface area contributed by atoms with Crippen molar-refractivity contribution in [1.29, 1.82) is 0 Å². The zero-order valence-corrected chi connectivity index (χ0v) is 11.1. The first kappa shape index (κ1) is 13.7. The third-order valence-corrected chi connectivity index (χ3v) is 3.52. The Hall–Kier alpha value is -1.73. The van der Waals surface area contributed by atoms with E-state index in [2.05, 4.69) is 5.10 Å². The van der Waals surface area contributed by atoms with Crippen LogP contribution >= 0.6 is 11.3 Å². The summed E-state index contributed by atoms with van der Waals surface area (Å²) in [5.41, 5.74) is 6.64. The lowest BCUT2D eigenvalue weighted by atomic mass is 10.2. The molecular weight excluding hydrogens is 267 g/mol. The van der Waals surface area contributed by atoms with Crippen LogP contribution in [0.4, 0.5) is 4.39 Å². The summed E-state index contributed by atoms with van der Waals surface area (Å²) < 4.78 is 15.2. The highest BCUT2D eigenvalue weighted by molar-refractivity contribution is 7.07. The van der Waals surface area contributed by atoms with Gasteiger partial charge in [-0.25, -0.2) is 13.9 Å². The lowest BCUT2D eigenvalue weighted by molar-refractivity contribution is 0.593. The number of rotatable bonds is 6. The minimum Gasteiger partial charge on any atom is -0.327 e. The van der Waals surface area contributed by atoms with Crippen LogP contribution in [0.15, 0.2) is 39.9 Å². The molecule has 2 aromatic heterocycles. The third-order valence-electron chi connectivity index (χ3n) is 2.79. The Morgan fingerprint density at radius 2 is 2.42 bits per heavy atom. The average Bonchev–Trinajstić information content (AvgIpc) is 3.05. The molecular formula is C12H15FN4OS. The van der Waals surface area contributed by atoms with E-state index >= 15 is 0 Å². The van der Waals surface area contributed by atoms with E-state index in [1.807, 2.05) is 16.8 Å². The first-order chi connectivity index (χ1) is 9.24. The van der Waals surface area contributed by atoms with E-state index in [0.717, 1.165) is 6.42 Å². The van der Waals surface area contributed by atoms with Crippen LogP contribution in [0.3, 0.4) is 0 Å². The van der Waals surface area contributed by atoms with Crippen molar-refractivity contribution in [3.8, 4) is 0 Å². The van der Waals surface area contributed by atoms with Crippen molar-refractivity contribution in [3.05, 3.63) is 51.1 Å². The summed E-state index contributed by atoms with van der Waals surface area (Å²) >= 11 is 1.63. The molecule has 2 rings (SSSR count). The van der Waals surface area contributed by atoms with Gasteiger partial charge in [0.2, 0.25) is 0 Å². The molecule has 2 aromatic rings. The molecule has 0 aliphatic rings. The first-order valence-electron chi connectivity index (χ1n) is 5.86. The van der Waals surface area contributed by atoms with Gasteiger partial charge < -0.3 is 5.73 Å². The van der Waals surface area contributed by atoms with Crippen molar-refractivity contribution >= 4 is 11.3 Å².